The minimum Gasteiger partial charge on any atom is -0.464 e. The summed E-state index contributed by atoms with van der Waals surface area (Å²) in [6, 6.07) is 1.98. The summed E-state index contributed by atoms with van der Waals surface area (Å²) in [7, 11) is 0. The maximum Gasteiger partial charge on any atom is 0.636 e. The predicted molar refractivity (Wildman–Crippen MR) is 75.6 cm³/mol. The van der Waals surface area contributed by atoms with Gasteiger partial charge in [-0.1, -0.05) is 13.3 Å². The second kappa shape index (κ2) is 9.22. The third kappa shape index (κ3) is 5.25. The van der Waals surface area contributed by atoms with Gasteiger partial charge in [0.2, 0.25) is 0 Å². The minimum absolute atomic E-state index is 0.170. The van der Waals surface area contributed by atoms with Crippen LogP contribution in [-0.2, 0) is 14.3 Å². The van der Waals surface area contributed by atoms with E-state index in [9.17, 15) is 9.59 Å². The Balaban J connectivity index is 2.69. The molecule has 0 aromatic heterocycles. The monoisotopic (exact) mass is 299 g/mol. The fraction of sp³-hybridized carbons (Fsp3) is 0.800. The van der Waals surface area contributed by atoms with Crippen molar-refractivity contribution in [2.75, 3.05) is 19.8 Å². The molecule has 0 bridgehead atoms. The molecule has 0 saturated carbocycles. The number of nitrogens with zero attached hydrogens (tertiary/aromatic N) is 1. The number of ether oxygens (including phenoxy) is 2. The molecule has 1 amide bonds. The molecule has 0 unspecified atom stereocenters. The highest BCUT2D eigenvalue weighted by atomic mass is 16.6. The van der Waals surface area contributed by atoms with Crippen molar-refractivity contribution >= 4 is 12.1 Å². The fourth-order valence-corrected chi connectivity index (χ4v) is 2.42. The summed E-state index contributed by atoms with van der Waals surface area (Å²) >= 11 is 0. The predicted octanol–water partition coefficient (Wildman–Crippen LogP) is 0.730. The Hall–Kier alpha value is -1.77. The molecule has 6 nitrogen and oxygen atoms in total. The van der Waals surface area contributed by atoms with Crippen molar-refractivity contribution in [2.45, 2.75) is 52.0 Å². The maximum atomic E-state index is 12.1. The summed E-state index contributed by atoms with van der Waals surface area (Å²) in [6.07, 6.45) is 3.03. The maximum absolute atomic E-state index is 12.1. The average molecular weight is 299 g/mol. The summed E-state index contributed by atoms with van der Waals surface area (Å²) in [5, 5.41) is 3.12. The lowest BCUT2D eigenvalue weighted by Crippen LogP contribution is -2.51. The van der Waals surface area contributed by atoms with E-state index in [4.69, 9.17) is 10.9 Å². The zero-order chi connectivity index (χ0) is 16.4. The van der Waals surface area contributed by atoms with E-state index in [0.29, 0.717) is 26.0 Å². The molecule has 1 aliphatic rings. The molecule has 0 spiro atoms. The highest BCUT2D eigenvalue weighted by Gasteiger charge is 2.38. The molecule has 2 atom stereocenters. The summed E-state index contributed by atoms with van der Waals surface area (Å²) in [4.78, 5) is 25.7. The molecule has 1 heterocycles. The van der Waals surface area contributed by atoms with Crippen LogP contribution in [0.15, 0.2) is 0 Å². The fourth-order valence-electron chi connectivity index (χ4n) is 2.42. The molecule has 1 rings (SSSR count). The first-order valence-corrected chi connectivity index (χ1v) is 7.60. The number of carbonyl (C=O) groups is 2. The average Bonchev–Trinajstić information content (AvgIpc) is 2.53. The van der Waals surface area contributed by atoms with Crippen molar-refractivity contribution < 1.29 is 25.7 Å². The molecule has 0 radical (unpaired) electrons. The first-order valence-electron chi connectivity index (χ1n) is 8.05. The summed E-state index contributed by atoms with van der Waals surface area (Å²) in [6.45, 7) is 4.84. The zero-order valence-corrected chi connectivity index (χ0v) is 12.8. The minimum atomic E-state index is -0.625. The van der Waals surface area contributed by atoms with E-state index >= 15 is 0 Å². The van der Waals surface area contributed by atoms with Crippen molar-refractivity contribution in [3.05, 3.63) is 0 Å². The Morgan fingerprint density at radius 1 is 1.43 bits per heavy atom. The van der Waals surface area contributed by atoms with Crippen molar-refractivity contribution in [3.63, 3.8) is 0 Å². The number of unbranched alkanes of at least 4 members (excludes halogenated alkanes) is 1. The zero-order valence-electron chi connectivity index (χ0n) is 13.8. The molecular formula is C15H25N2O4+. The quantitative estimate of drug-likeness (QED) is 0.579. The topological polar surface area (TPSA) is 79.6 Å². The van der Waals surface area contributed by atoms with Gasteiger partial charge < -0.3 is 9.47 Å². The Morgan fingerprint density at radius 2 is 2.24 bits per heavy atom. The lowest BCUT2D eigenvalue weighted by Gasteiger charge is -2.36. The van der Waals surface area contributed by atoms with Crippen LogP contribution >= 0.6 is 0 Å². The van der Waals surface area contributed by atoms with Crippen LogP contribution < -0.4 is 5.25 Å². The smallest absolute Gasteiger partial charge is 0.464 e. The van der Waals surface area contributed by atoms with Gasteiger partial charge in [0.25, 0.3) is 6.07 Å². The van der Waals surface area contributed by atoms with Crippen molar-refractivity contribution in [1.82, 2.24) is 4.90 Å². The van der Waals surface area contributed by atoms with Crippen LogP contribution in [0.4, 0.5) is 4.79 Å². The van der Waals surface area contributed by atoms with E-state index in [-0.39, 0.29) is 12.5 Å². The third-order valence-corrected chi connectivity index (χ3v) is 3.61. The Kier molecular flexibility index (Phi) is 6.85. The molecule has 21 heavy (non-hydrogen) atoms. The standard InChI is InChI=1S/C15H24N2O4/c1-3-5-10-21-15(19)17-9-7-12(6-8-16)11-13(17)14(18)20-4-2/h12-13H,3-7,9-11H2,1-2H3/p+1/t12-,13+/m1/s1/i/hT. The molecule has 118 valence electrons. The van der Waals surface area contributed by atoms with Crippen molar-refractivity contribution in [2.24, 2.45) is 5.92 Å². The SMILES string of the molecule is [3H][N+]#CC[C@@H]1CCN(C(=O)OCCCC)[C@H](C(=O)OCC)C1. The van der Waals surface area contributed by atoms with E-state index in [1.807, 2.05) is 6.92 Å². The number of piperidine rings is 1. The Labute approximate surface area is 127 Å². The van der Waals surface area contributed by atoms with E-state index in [0.717, 1.165) is 19.3 Å². The summed E-state index contributed by atoms with van der Waals surface area (Å²) < 4.78 is 17.0. The van der Waals surface area contributed by atoms with Gasteiger partial charge in [-0.3, -0.25) is 4.90 Å². The van der Waals surface area contributed by atoms with Gasteiger partial charge in [-0.15, -0.1) is 5.25 Å². The number of rotatable bonds is 6. The lowest BCUT2D eigenvalue weighted by atomic mass is 9.89. The number of hydrogen-bond donors (Lipinski definition) is 1. The van der Waals surface area contributed by atoms with Gasteiger partial charge >= 0.3 is 13.5 Å². The van der Waals surface area contributed by atoms with E-state index < -0.39 is 18.1 Å². The van der Waals surface area contributed by atoms with Gasteiger partial charge in [-0.25, -0.2) is 9.59 Å². The van der Waals surface area contributed by atoms with Crippen molar-refractivity contribution in [1.29, 1.82) is 0 Å². The van der Waals surface area contributed by atoms with Gasteiger partial charge in [-0.2, -0.15) is 0 Å². The molecule has 0 aromatic carbocycles. The van der Waals surface area contributed by atoms with Crippen molar-refractivity contribution in [3.8, 4) is 6.07 Å². The van der Waals surface area contributed by atoms with Crippen LogP contribution in [0.2, 0.25) is 1.41 Å². The van der Waals surface area contributed by atoms with Gasteiger partial charge in [0, 0.05) is 6.54 Å². The highest BCUT2D eigenvalue weighted by Crippen LogP contribution is 2.26. The second-order valence-corrected chi connectivity index (χ2v) is 5.18. The lowest BCUT2D eigenvalue weighted by molar-refractivity contribution is -0.151. The molecular weight excluding hydrogens is 272 g/mol. The molecule has 0 aromatic rings. The number of carbonyl (C=O) groups excluding carboxylic acids is 2. The summed E-state index contributed by atoms with van der Waals surface area (Å²) in [5.41, 5.74) is 0. The molecule has 1 fully saturated rings. The normalized spacial score (nSPS) is 21.8. The second-order valence-electron chi connectivity index (χ2n) is 5.18. The summed E-state index contributed by atoms with van der Waals surface area (Å²) in [5.74, 6) is -0.231. The van der Waals surface area contributed by atoms with E-state index in [2.05, 4.69) is 11.3 Å². The highest BCUT2D eigenvalue weighted by molar-refractivity contribution is 5.81. The van der Waals surface area contributed by atoms with Crippen LogP contribution in [0.3, 0.4) is 0 Å². The number of nitrogens with one attached hydrogen (secondary N) is 1. The third-order valence-electron chi connectivity index (χ3n) is 3.61. The number of esters is 1. The molecule has 1 aliphatic heterocycles. The van der Waals surface area contributed by atoms with Gasteiger partial charge in [-0.05, 0) is 32.1 Å². The first kappa shape index (κ1) is 15.6. The largest absolute Gasteiger partial charge is 0.636 e. The van der Waals surface area contributed by atoms with E-state index in [1.54, 1.807) is 6.92 Å². The van der Waals surface area contributed by atoms with E-state index in [1.165, 1.54) is 4.90 Å². The van der Waals surface area contributed by atoms with Gasteiger partial charge in [0.1, 0.15) is 6.04 Å². The first-order chi connectivity index (χ1) is 10.6. The molecule has 0 aliphatic carbocycles. The van der Waals surface area contributed by atoms with Crippen LogP contribution in [-0.4, -0.2) is 42.8 Å². The van der Waals surface area contributed by atoms with Gasteiger partial charge in [0.05, 0.1) is 19.6 Å². The van der Waals surface area contributed by atoms with Gasteiger partial charge in [0.15, 0.2) is 0 Å². The van der Waals surface area contributed by atoms with Crippen LogP contribution in [0.1, 0.15) is 46.0 Å². The van der Waals surface area contributed by atoms with Crippen LogP contribution in [0.25, 0.3) is 0 Å². The Bertz CT molecular complexity index is 433. The number of hydrogen-bond acceptors (Lipinski definition) is 4. The number of amides is 1. The molecule has 1 N–H and O–H groups in total. The molecule has 6 heteroatoms. The van der Waals surface area contributed by atoms with Crippen LogP contribution in [0.5, 0.6) is 0 Å². The Morgan fingerprint density at radius 3 is 2.90 bits per heavy atom. The molecule has 1 saturated heterocycles. The number of likely N-dealkylation sites (tertiary alicyclic amines) is 1. The van der Waals surface area contributed by atoms with Crippen LogP contribution in [0, 0.1) is 12.0 Å².